The number of amides is 3. The number of carbonyl (C=O) groups is 3. The number of carbonyl (C=O) groups excluding carboxylic acids is 3. The quantitative estimate of drug-likeness (QED) is 0.770. The normalized spacial score (nSPS) is 19.2. The molecule has 32 heavy (non-hydrogen) atoms. The summed E-state index contributed by atoms with van der Waals surface area (Å²) in [6.07, 6.45) is 0. The minimum Gasteiger partial charge on any atom is -0.494 e. The number of para-hydroxylation sites is 1. The number of aryl methyl sites for hydroxylation is 1. The molecule has 0 fully saturated rings. The molecule has 0 aliphatic carbocycles. The van der Waals surface area contributed by atoms with E-state index in [4.69, 9.17) is 4.74 Å². The number of hydrazone groups is 1. The summed E-state index contributed by atoms with van der Waals surface area (Å²) in [5, 5.41) is 8.31. The summed E-state index contributed by atoms with van der Waals surface area (Å²) in [4.78, 5) is 38.4. The molecule has 2 aliphatic rings. The number of anilines is 1. The van der Waals surface area contributed by atoms with Gasteiger partial charge in [0.1, 0.15) is 5.75 Å². The van der Waals surface area contributed by atoms with Gasteiger partial charge in [0.05, 0.1) is 18.8 Å². The van der Waals surface area contributed by atoms with Gasteiger partial charge < -0.3 is 15.0 Å². The Morgan fingerprint density at radius 2 is 1.88 bits per heavy atom. The van der Waals surface area contributed by atoms with E-state index in [-0.39, 0.29) is 22.9 Å². The highest BCUT2D eigenvalue weighted by Gasteiger charge is 2.61. The molecule has 8 nitrogen and oxygen atoms in total. The summed E-state index contributed by atoms with van der Waals surface area (Å²) in [5.74, 6) is -0.223. The summed E-state index contributed by atoms with van der Waals surface area (Å²) in [5.41, 5.74) is 3.27. The Morgan fingerprint density at radius 1 is 1.16 bits per heavy atom. The molecule has 9 heteroatoms. The fourth-order valence-corrected chi connectivity index (χ4v) is 5.37. The molecular formula is C23H24N4O4S. The fourth-order valence-electron chi connectivity index (χ4n) is 4.04. The van der Waals surface area contributed by atoms with E-state index >= 15 is 0 Å². The van der Waals surface area contributed by atoms with Crippen LogP contribution in [0.2, 0.25) is 0 Å². The van der Waals surface area contributed by atoms with Crippen LogP contribution in [0.3, 0.4) is 0 Å². The summed E-state index contributed by atoms with van der Waals surface area (Å²) >= 11 is 1.08. The second-order valence-corrected chi connectivity index (χ2v) is 8.78. The number of nitrogens with one attached hydrogen (secondary N) is 1. The molecule has 0 saturated heterocycles. The molecule has 1 spiro atoms. The number of thioether (sulfide) groups is 1. The maximum absolute atomic E-state index is 14.0. The van der Waals surface area contributed by atoms with Gasteiger partial charge in [-0.15, -0.1) is 5.10 Å². The Labute approximate surface area is 190 Å². The zero-order chi connectivity index (χ0) is 23.0. The van der Waals surface area contributed by atoms with Gasteiger partial charge in [-0.3, -0.25) is 14.4 Å². The lowest BCUT2D eigenvalue weighted by atomic mass is 10.0. The molecule has 0 saturated carbocycles. The van der Waals surface area contributed by atoms with E-state index in [0.29, 0.717) is 18.7 Å². The molecule has 0 bridgehead atoms. The van der Waals surface area contributed by atoms with E-state index in [0.717, 1.165) is 34.3 Å². The lowest BCUT2D eigenvalue weighted by Gasteiger charge is -2.29. The third kappa shape index (κ3) is 3.52. The van der Waals surface area contributed by atoms with Crippen molar-refractivity contribution in [2.24, 2.45) is 5.10 Å². The number of rotatable bonds is 4. The number of amidine groups is 1. The van der Waals surface area contributed by atoms with Crippen LogP contribution in [0.4, 0.5) is 5.69 Å². The highest BCUT2D eigenvalue weighted by Crippen LogP contribution is 2.55. The van der Waals surface area contributed by atoms with E-state index in [1.807, 2.05) is 56.3 Å². The van der Waals surface area contributed by atoms with Crippen LogP contribution in [0.1, 0.15) is 37.5 Å². The third-order valence-corrected chi connectivity index (χ3v) is 6.54. The highest BCUT2D eigenvalue weighted by molar-refractivity contribution is 8.15. The van der Waals surface area contributed by atoms with Gasteiger partial charge in [-0.2, -0.15) is 5.01 Å². The van der Waals surface area contributed by atoms with Crippen molar-refractivity contribution < 1.29 is 19.1 Å². The summed E-state index contributed by atoms with van der Waals surface area (Å²) < 4.78 is 5.51. The fraction of sp³-hybridized carbons (Fsp3) is 0.304. The molecule has 4 rings (SSSR count). The zero-order valence-electron chi connectivity index (χ0n) is 18.3. The first-order chi connectivity index (χ1) is 15.3. The Morgan fingerprint density at radius 3 is 2.50 bits per heavy atom. The van der Waals surface area contributed by atoms with Gasteiger partial charge in [0.2, 0.25) is 16.7 Å². The molecule has 166 valence electrons. The molecular weight excluding hydrogens is 428 g/mol. The first kappa shape index (κ1) is 21.9. The summed E-state index contributed by atoms with van der Waals surface area (Å²) in [7, 11) is 0. The van der Waals surface area contributed by atoms with Gasteiger partial charge in [-0.05, 0) is 48.9 Å². The molecule has 0 aromatic heterocycles. The average Bonchev–Trinajstić information content (AvgIpc) is 3.22. The van der Waals surface area contributed by atoms with Crippen LogP contribution in [0, 0.1) is 6.92 Å². The van der Waals surface area contributed by atoms with Crippen LogP contribution in [0.5, 0.6) is 5.75 Å². The largest absolute Gasteiger partial charge is 0.494 e. The van der Waals surface area contributed by atoms with Gasteiger partial charge in [0.15, 0.2) is 5.17 Å². The van der Waals surface area contributed by atoms with Gasteiger partial charge in [-0.25, -0.2) is 0 Å². The van der Waals surface area contributed by atoms with E-state index < -0.39 is 4.87 Å². The number of hydrogen-bond donors (Lipinski definition) is 1. The Kier molecular flexibility index (Phi) is 5.68. The second kappa shape index (κ2) is 8.31. The standard InChI is InChI=1S/C23H24N4O4S/c1-5-31-18-11-9-17(10-12-18)13-26-20-14(2)7-6-8-19(20)23(21(26)30)27(16(4)29)25-22(32-23)24-15(3)28/h6-12H,5,13H2,1-4H3,(H,24,25,28)/t23-/m0/s1. The highest BCUT2D eigenvalue weighted by atomic mass is 32.2. The number of hydrogen-bond acceptors (Lipinski definition) is 6. The molecule has 2 aromatic carbocycles. The van der Waals surface area contributed by atoms with Crippen LogP contribution < -0.4 is 15.0 Å². The van der Waals surface area contributed by atoms with Crippen LogP contribution >= 0.6 is 11.8 Å². The number of nitrogens with zero attached hydrogens (tertiary/aromatic N) is 3. The molecule has 2 heterocycles. The second-order valence-electron chi connectivity index (χ2n) is 7.60. The lowest BCUT2D eigenvalue weighted by Crippen LogP contribution is -2.48. The minimum atomic E-state index is -1.39. The molecule has 0 radical (unpaired) electrons. The monoisotopic (exact) mass is 452 g/mol. The van der Waals surface area contributed by atoms with Crippen LogP contribution in [-0.4, -0.2) is 34.5 Å². The molecule has 1 N–H and O–H groups in total. The SMILES string of the molecule is CCOc1ccc(CN2C(=O)[C@@]3(SC(NC(C)=O)=NN3C(C)=O)c3cccc(C)c32)cc1. The van der Waals surface area contributed by atoms with Crippen molar-refractivity contribution >= 4 is 40.3 Å². The average molecular weight is 453 g/mol. The van der Waals surface area contributed by atoms with Crippen LogP contribution in [-0.2, 0) is 25.8 Å². The van der Waals surface area contributed by atoms with E-state index in [1.165, 1.54) is 18.9 Å². The summed E-state index contributed by atoms with van der Waals surface area (Å²) in [6.45, 7) is 7.48. The van der Waals surface area contributed by atoms with E-state index in [9.17, 15) is 14.4 Å². The first-order valence-corrected chi connectivity index (χ1v) is 11.1. The van der Waals surface area contributed by atoms with Crippen LogP contribution in [0.15, 0.2) is 47.6 Å². The third-order valence-electron chi connectivity index (χ3n) is 5.30. The van der Waals surface area contributed by atoms with E-state index in [1.54, 1.807) is 4.90 Å². The van der Waals surface area contributed by atoms with Crippen molar-refractivity contribution in [1.29, 1.82) is 0 Å². The van der Waals surface area contributed by atoms with Gasteiger partial charge in [0.25, 0.3) is 5.91 Å². The Balaban J connectivity index is 1.77. The van der Waals surface area contributed by atoms with Crippen molar-refractivity contribution in [3.8, 4) is 5.75 Å². The van der Waals surface area contributed by atoms with E-state index in [2.05, 4.69) is 10.4 Å². The number of ether oxygens (including phenoxy) is 1. The Hall–Kier alpha value is -3.33. The zero-order valence-corrected chi connectivity index (χ0v) is 19.2. The maximum atomic E-state index is 14.0. The molecule has 0 unspecified atom stereocenters. The van der Waals surface area contributed by atoms with Crippen molar-refractivity contribution in [1.82, 2.24) is 10.3 Å². The summed E-state index contributed by atoms with van der Waals surface area (Å²) in [6, 6.07) is 13.2. The van der Waals surface area contributed by atoms with Gasteiger partial charge >= 0.3 is 0 Å². The lowest BCUT2D eigenvalue weighted by molar-refractivity contribution is -0.139. The van der Waals surface area contributed by atoms with Crippen molar-refractivity contribution in [3.05, 3.63) is 59.2 Å². The predicted molar refractivity (Wildman–Crippen MR) is 123 cm³/mol. The van der Waals surface area contributed by atoms with Crippen molar-refractivity contribution in [2.75, 3.05) is 11.5 Å². The first-order valence-electron chi connectivity index (χ1n) is 10.3. The Bertz CT molecular complexity index is 1130. The molecule has 2 aliphatic heterocycles. The smallest absolute Gasteiger partial charge is 0.271 e. The predicted octanol–water partition coefficient (Wildman–Crippen LogP) is 3.10. The molecule has 2 aromatic rings. The topological polar surface area (TPSA) is 91.3 Å². The molecule has 1 atom stereocenters. The van der Waals surface area contributed by atoms with Crippen LogP contribution in [0.25, 0.3) is 0 Å². The van der Waals surface area contributed by atoms with Gasteiger partial charge in [0, 0.05) is 19.4 Å². The van der Waals surface area contributed by atoms with Gasteiger partial charge in [-0.1, -0.05) is 30.3 Å². The minimum absolute atomic E-state index is 0.219. The number of benzene rings is 2. The number of fused-ring (bicyclic) bond motifs is 2. The molecule has 3 amide bonds. The maximum Gasteiger partial charge on any atom is 0.271 e. The van der Waals surface area contributed by atoms with Crippen molar-refractivity contribution in [3.63, 3.8) is 0 Å². The van der Waals surface area contributed by atoms with Crippen molar-refractivity contribution in [2.45, 2.75) is 39.1 Å².